The van der Waals surface area contributed by atoms with Crippen LogP contribution in [0.2, 0.25) is 0 Å². The largest absolute Gasteiger partial charge is 0.335 e. The van der Waals surface area contributed by atoms with Gasteiger partial charge >= 0.3 is 0 Å². The minimum atomic E-state index is -0.281. The molecular weight excluding hydrogens is 268 g/mol. The molecule has 1 aliphatic heterocycles. The first-order valence-electron chi connectivity index (χ1n) is 7.45. The van der Waals surface area contributed by atoms with Crippen LogP contribution in [0.25, 0.3) is 0 Å². The number of nitrogens with zero attached hydrogens (tertiary/aromatic N) is 3. The number of aromatic nitrogens is 1. The van der Waals surface area contributed by atoms with Crippen LogP contribution in [0.3, 0.4) is 0 Å². The molecule has 1 saturated heterocycles. The van der Waals surface area contributed by atoms with Crippen molar-refractivity contribution >= 4 is 17.6 Å². The average molecular weight is 291 g/mol. The van der Waals surface area contributed by atoms with Crippen LogP contribution in [-0.4, -0.2) is 37.4 Å². The number of hydrogen-bond acceptors (Lipinski definition) is 4. The lowest BCUT2D eigenvalue weighted by Gasteiger charge is -2.22. The van der Waals surface area contributed by atoms with Crippen LogP contribution >= 0.6 is 11.3 Å². The van der Waals surface area contributed by atoms with E-state index in [2.05, 4.69) is 16.0 Å². The summed E-state index contributed by atoms with van der Waals surface area (Å²) in [6, 6.07) is 2.27. The van der Waals surface area contributed by atoms with Gasteiger partial charge in [0.05, 0.1) is 25.7 Å². The number of aliphatic imine (C=N–C) groups is 1. The maximum Gasteiger partial charge on any atom is 0.133 e. The molecule has 4 nitrogen and oxygen atoms in total. The summed E-state index contributed by atoms with van der Waals surface area (Å²) in [4.78, 5) is 10.5. The Bertz CT molecular complexity index is 468. The smallest absolute Gasteiger partial charge is 0.133 e. The van der Waals surface area contributed by atoms with Gasteiger partial charge in [0, 0.05) is 30.3 Å². The quantitative estimate of drug-likeness (QED) is 0.639. The summed E-state index contributed by atoms with van der Waals surface area (Å²) >= 11 is 1.54. The molecule has 1 N–H and O–H groups in total. The summed E-state index contributed by atoms with van der Waals surface area (Å²) in [5, 5.41) is 12.0. The minimum absolute atomic E-state index is 0.281. The highest BCUT2D eigenvalue weighted by molar-refractivity contribution is 7.09. The van der Waals surface area contributed by atoms with Crippen LogP contribution < -0.4 is 4.90 Å². The molecule has 2 rings (SSSR count). The van der Waals surface area contributed by atoms with Crippen LogP contribution in [0, 0.1) is 18.3 Å². The molecule has 1 aliphatic rings. The third-order valence-corrected chi connectivity index (χ3v) is 4.72. The Kier molecular flexibility index (Phi) is 6.16. The van der Waals surface area contributed by atoms with Crippen molar-refractivity contribution in [2.45, 2.75) is 38.5 Å². The highest BCUT2D eigenvalue weighted by Crippen LogP contribution is 2.17. The molecule has 1 aromatic rings. The fourth-order valence-electron chi connectivity index (χ4n) is 2.57. The number of thiazole rings is 1. The van der Waals surface area contributed by atoms with Crippen molar-refractivity contribution in [3.05, 3.63) is 16.1 Å². The Labute approximate surface area is 125 Å². The van der Waals surface area contributed by atoms with E-state index in [1.54, 1.807) is 11.1 Å². The summed E-state index contributed by atoms with van der Waals surface area (Å²) < 4.78 is 0. The SMILES string of the molecule is Cc1csc([C@@H](C#N)C=NCCC[NH+]2CCCCC2)n1. The Balaban J connectivity index is 1.70. The maximum absolute atomic E-state index is 9.17. The van der Waals surface area contributed by atoms with E-state index < -0.39 is 0 Å². The van der Waals surface area contributed by atoms with Crippen molar-refractivity contribution < 1.29 is 4.90 Å². The van der Waals surface area contributed by atoms with Crippen molar-refractivity contribution in [3.63, 3.8) is 0 Å². The monoisotopic (exact) mass is 291 g/mol. The predicted octanol–water partition coefficient (Wildman–Crippen LogP) is 1.59. The highest BCUT2D eigenvalue weighted by atomic mass is 32.1. The highest BCUT2D eigenvalue weighted by Gasteiger charge is 2.13. The molecule has 0 aromatic carbocycles. The van der Waals surface area contributed by atoms with Crippen molar-refractivity contribution in [3.8, 4) is 6.07 Å². The topological polar surface area (TPSA) is 53.5 Å². The zero-order valence-corrected chi connectivity index (χ0v) is 13.0. The second kappa shape index (κ2) is 8.13. The van der Waals surface area contributed by atoms with E-state index in [-0.39, 0.29) is 5.92 Å². The lowest BCUT2D eigenvalue weighted by Crippen LogP contribution is -3.12. The fourth-order valence-corrected chi connectivity index (χ4v) is 3.37. The summed E-state index contributed by atoms with van der Waals surface area (Å²) in [6.45, 7) is 6.63. The van der Waals surface area contributed by atoms with Gasteiger partial charge in [0.1, 0.15) is 10.9 Å². The van der Waals surface area contributed by atoms with E-state index >= 15 is 0 Å². The number of quaternary nitrogens is 1. The molecule has 0 saturated carbocycles. The second-order valence-electron chi connectivity index (χ2n) is 5.40. The number of rotatable bonds is 6. The second-order valence-corrected chi connectivity index (χ2v) is 6.29. The van der Waals surface area contributed by atoms with Gasteiger partial charge < -0.3 is 4.90 Å². The van der Waals surface area contributed by atoms with Gasteiger partial charge in [0.2, 0.25) is 0 Å². The van der Waals surface area contributed by atoms with Crippen molar-refractivity contribution in [2.75, 3.05) is 26.2 Å². The van der Waals surface area contributed by atoms with Gasteiger partial charge in [-0.15, -0.1) is 11.3 Å². The summed E-state index contributed by atoms with van der Waals surface area (Å²) in [7, 11) is 0. The van der Waals surface area contributed by atoms with Crippen molar-refractivity contribution in [1.82, 2.24) is 4.98 Å². The normalized spacial score (nSPS) is 18.2. The number of nitrogens with one attached hydrogen (secondary N) is 1. The maximum atomic E-state index is 9.17. The molecule has 2 heterocycles. The number of piperidine rings is 1. The van der Waals surface area contributed by atoms with Crippen LogP contribution in [0.1, 0.15) is 42.3 Å². The Hall–Kier alpha value is -1.25. The van der Waals surface area contributed by atoms with Crippen LogP contribution in [0.15, 0.2) is 10.4 Å². The summed E-state index contributed by atoms with van der Waals surface area (Å²) in [5.41, 5.74) is 0.979. The molecule has 1 aromatic heterocycles. The summed E-state index contributed by atoms with van der Waals surface area (Å²) in [5.74, 6) is -0.281. The Morgan fingerprint density at radius 2 is 2.30 bits per heavy atom. The molecule has 0 amide bonds. The average Bonchev–Trinajstić information content (AvgIpc) is 2.90. The first-order valence-corrected chi connectivity index (χ1v) is 8.32. The molecule has 20 heavy (non-hydrogen) atoms. The van der Waals surface area contributed by atoms with Crippen molar-refractivity contribution in [1.29, 1.82) is 5.26 Å². The predicted molar refractivity (Wildman–Crippen MR) is 82.6 cm³/mol. The third kappa shape index (κ3) is 4.69. The van der Waals surface area contributed by atoms with Gasteiger partial charge in [0.15, 0.2) is 0 Å². The minimum Gasteiger partial charge on any atom is -0.335 e. The molecule has 0 unspecified atom stereocenters. The van der Waals surface area contributed by atoms with E-state index in [0.29, 0.717) is 0 Å². The van der Waals surface area contributed by atoms with Gasteiger partial charge in [-0.25, -0.2) is 4.98 Å². The molecule has 1 atom stereocenters. The van der Waals surface area contributed by atoms with Crippen molar-refractivity contribution in [2.24, 2.45) is 4.99 Å². The van der Waals surface area contributed by atoms with Crippen LogP contribution in [0.5, 0.6) is 0 Å². The summed E-state index contributed by atoms with van der Waals surface area (Å²) in [6.07, 6.45) is 7.03. The lowest BCUT2D eigenvalue weighted by molar-refractivity contribution is -0.904. The number of nitriles is 1. The molecule has 0 spiro atoms. The van der Waals surface area contributed by atoms with Crippen LogP contribution in [-0.2, 0) is 0 Å². The fraction of sp³-hybridized carbons (Fsp3) is 0.667. The number of aryl methyl sites for hydroxylation is 1. The first kappa shape index (κ1) is 15.1. The van der Waals surface area contributed by atoms with Gasteiger partial charge in [-0.05, 0) is 26.2 Å². The molecule has 108 valence electrons. The van der Waals surface area contributed by atoms with E-state index in [1.165, 1.54) is 50.2 Å². The molecule has 0 aliphatic carbocycles. The molecule has 1 fully saturated rings. The van der Waals surface area contributed by atoms with E-state index in [4.69, 9.17) is 0 Å². The number of likely N-dealkylation sites (tertiary alicyclic amines) is 1. The zero-order chi connectivity index (χ0) is 14.2. The van der Waals surface area contributed by atoms with Crippen LogP contribution in [0.4, 0.5) is 0 Å². The van der Waals surface area contributed by atoms with E-state index in [0.717, 1.165) is 23.7 Å². The van der Waals surface area contributed by atoms with E-state index in [1.807, 2.05) is 12.3 Å². The third-order valence-electron chi connectivity index (χ3n) is 3.67. The Morgan fingerprint density at radius 1 is 1.50 bits per heavy atom. The molecule has 0 bridgehead atoms. The molecule has 0 radical (unpaired) electrons. The lowest BCUT2D eigenvalue weighted by atomic mass is 10.1. The van der Waals surface area contributed by atoms with E-state index in [9.17, 15) is 5.26 Å². The first-order chi connectivity index (χ1) is 9.79. The van der Waals surface area contributed by atoms with Gasteiger partial charge in [-0.1, -0.05) is 0 Å². The zero-order valence-electron chi connectivity index (χ0n) is 12.1. The molecule has 5 heteroatoms. The number of hydrogen-bond donors (Lipinski definition) is 1. The standard InChI is InChI=1S/C15H22N4S/c1-13-12-20-15(18-13)14(10-16)11-17-6-5-9-19-7-3-2-4-8-19/h11-12,14H,2-9H2,1H3/p+1/t14-/m0/s1. The Morgan fingerprint density at radius 3 is 2.95 bits per heavy atom. The van der Waals surface area contributed by atoms with Gasteiger partial charge in [0.25, 0.3) is 0 Å². The van der Waals surface area contributed by atoms with Gasteiger partial charge in [-0.3, -0.25) is 4.99 Å². The molecular formula is C15H23N4S+. The van der Waals surface area contributed by atoms with Gasteiger partial charge in [-0.2, -0.15) is 5.26 Å².